The lowest BCUT2D eigenvalue weighted by Gasteiger charge is -2.33. The molecule has 1 saturated heterocycles. The number of carbonyl (C=O) groups is 5. The lowest BCUT2D eigenvalue weighted by molar-refractivity contribution is -0.140. The second kappa shape index (κ2) is 18.4. The number of amides is 3. The Morgan fingerprint density at radius 2 is 1.16 bits per heavy atom. The van der Waals surface area contributed by atoms with Crippen molar-refractivity contribution in [1.29, 1.82) is 0 Å². The zero-order chi connectivity index (χ0) is 28.5. The number of carboxylic acid groups (broad SMARTS) is 2. The minimum absolute atomic E-state index is 0.0134. The SMILES string of the molecule is CCNC(=O)[C@@H](CCC(=O)NC)NC(=O)CN1CCN(CC)CCN(CC(=O)O)CCN(CC(=O)O)CC1. The summed E-state index contributed by atoms with van der Waals surface area (Å²) in [5.74, 6) is -2.84. The molecular weight excluding hydrogens is 498 g/mol. The van der Waals surface area contributed by atoms with E-state index in [0.717, 1.165) is 6.54 Å². The molecular formula is C24H45N7O7. The monoisotopic (exact) mass is 543 g/mol. The third-order valence-electron chi connectivity index (χ3n) is 6.40. The third-order valence-corrected chi connectivity index (χ3v) is 6.40. The van der Waals surface area contributed by atoms with Crippen LogP contribution in [-0.2, 0) is 24.0 Å². The first-order valence-corrected chi connectivity index (χ1v) is 13.2. The molecule has 38 heavy (non-hydrogen) atoms. The lowest BCUT2D eigenvalue weighted by atomic mass is 10.1. The number of hydrogen-bond acceptors (Lipinski definition) is 9. The van der Waals surface area contributed by atoms with Crippen molar-refractivity contribution < 1.29 is 34.2 Å². The molecule has 0 bridgehead atoms. The van der Waals surface area contributed by atoms with Gasteiger partial charge in [0.2, 0.25) is 17.7 Å². The van der Waals surface area contributed by atoms with Gasteiger partial charge in [-0.15, -0.1) is 0 Å². The van der Waals surface area contributed by atoms with Crippen molar-refractivity contribution in [2.45, 2.75) is 32.7 Å². The number of nitrogens with one attached hydrogen (secondary N) is 3. The standard InChI is InChI=1S/C24H45N7O7/c1-4-26-24(38)19(6-7-20(32)25-3)27-21(33)16-29-10-8-28(5-2)9-11-30(17-22(34)35)14-15-31(13-12-29)18-23(36)37/h19H,4-18H2,1-3H3,(H,25,32)(H,26,38)(H,27,33)(H,34,35)(H,36,37)/t19-/m1/s1. The number of hydrogen-bond donors (Lipinski definition) is 5. The van der Waals surface area contributed by atoms with Gasteiger partial charge in [0.1, 0.15) is 6.04 Å². The lowest BCUT2D eigenvalue weighted by Crippen LogP contribution is -2.52. The molecule has 5 N–H and O–H groups in total. The van der Waals surface area contributed by atoms with Gasteiger partial charge in [-0.2, -0.15) is 0 Å². The Labute approximate surface area is 224 Å². The largest absolute Gasteiger partial charge is 0.480 e. The van der Waals surface area contributed by atoms with Crippen LogP contribution in [0.2, 0.25) is 0 Å². The molecule has 0 spiro atoms. The van der Waals surface area contributed by atoms with Gasteiger partial charge in [0.15, 0.2) is 0 Å². The van der Waals surface area contributed by atoms with Crippen LogP contribution in [0.1, 0.15) is 26.7 Å². The van der Waals surface area contributed by atoms with Crippen LogP contribution in [0.5, 0.6) is 0 Å². The summed E-state index contributed by atoms with van der Waals surface area (Å²) in [6.45, 7) is 8.58. The van der Waals surface area contributed by atoms with Crippen LogP contribution in [0, 0.1) is 0 Å². The number of likely N-dealkylation sites (N-methyl/N-ethyl adjacent to an activating group) is 2. The first-order valence-electron chi connectivity index (χ1n) is 13.2. The average molecular weight is 544 g/mol. The smallest absolute Gasteiger partial charge is 0.317 e. The molecule has 1 fully saturated rings. The topological polar surface area (TPSA) is 175 Å². The van der Waals surface area contributed by atoms with Crippen molar-refractivity contribution in [3.05, 3.63) is 0 Å². The van der Waals surface area contributed by atoms with Crippen LogP contribution < -0.4 is 16.0 Å². The number of rotatable bonds is 13. The molecule has 0 radical (unpaired) electrons. The van der Waals surface area contributed by atoms with E-state index >= 15 is 0 Å². The maximum atomic E-state index is 13.0. The highest BCUT2D eigenvalue weighted by Crippen LogP contribution is 2.03. The number of carbonyl (C=O) groups excluding carboxylic acids is 3. The van der Waals surface area contributed by atoms with Crippen LogP contribution in [0.15, 0.2) is 0 Å². The molecule has 218 valence electrons. The first kappa shape index (κ1) is 33.2. The fourth-order valence-electron chi connectivity index (χ4n) is 4.16. The van der Waals surface area contributed by atoms with Crippen molar-refractivity contribution in [2.75, 3.05) is 92.1 Å². The summed E-state index contributed by atoms with van der Waals surface area (Å²) in [4.78, 5) is 67.5. The minimum atomic E-state index is -0.982. The molecule has 0 aromatic heterocycles. The number of aliphatic carboxylic acids is 2. The van der Waals surface area contributed by atoms with Crippen molar-refractivity contribution in [1.82, 2.24) is 35.6 Å². The second-order valence-corrected chi connectivity index (χ2v) is 9.28. The molecule has 14 heteroatoms. The van der Waals surface area contributed by atoms with Gasteiger partial charge in [0.25, 0.3) is 0 Å². The van der Waals surface area contributed by atoms with E-state index in [1.807, 2.05) is 16.7 Å². The van der Waals surface area contributed by atoms with E-state index < -0.39 is 18.0 Å². The van der Waals surface area contributed by atoms with Crippen LogP contribution >= 0.6 is 0 Å². The Morgan fingerprint density at radius 3 is 1.55 bits per heavy atom. The highest BCUT2D eigenvalue weighted by molar-refractivity contribution is 5.88. The summed E-state index contributed by atoms with van der Waals surface area (Å²) < 4.78 is 0. The normalized spacial score (nSPS) is 18.0. The summed E-state index contributed by atoms with van der Waals surface area (Å²) in [6.07, 6.45) is 0.261. The van der Waals surface area contributed by atoms with Gasteiger partial charge in [-0.1, -0.05) is 6.92 Å². The molecule has 0 unspecified atom stereocenters. The molecule has 1 aliphatic rings. The van der Waals surface area contributed by atoms with E-state index in [4.69, 9.17) is 0 Å². The van der Waals surface area contributed by atoms with Crippen molar-refractivity contribution >= 4 is 29.7 Å². The number of nitrogens with zero attached hydrogens (tertiary/aromatic N) is 4. The van der Waals surface area contributed by atoms with Gasteiger partial charge in [0, 0.05) is 72.4 Å². The molecule has 0 aromatic rings. The van der Waals surface area contributed by atoms with Gasteiger partial charge in [-0.05, 0) is 19.9 Å². The molecule has 1 atom stereocenters. The maximum absolute atomic E-state index is 13.0. The zero-order valence-corrected chi connectivity index (χ0v) is 22.9. The van der Waals surface area contributed by atoms with E-state index in [0.29, 0.717) is 58.9 Å². The fourth-order valence-corrected chi connectivity index (χ4v) is 4.16. The quantitative estimate of drug-likeness (QED) is 0.167. The molecule has 1 aliphatic heterocycles. The Bertz CT molecular complexity index is 783. The Morgan fingerprint density at radius 1 is 0.711 bits per heavy atom. The van der Waals surface area contributed by atoms with E-state index in [1.54, 1.807) is 11.8 Å². The highest BCUT2D eigenvalue weighted by Gasteiger charge is 2.24. The van der Waals surface area contributed by atoms with Crippen LogP contribution in [0.4, 0.5) is 0 Å². The van der Waals surface area contributed by atoms with Gasteiger partial charge in [-0.3, -0.25) is 38.7 Å². The molecule has 3 amide bonds. The summed E-state index contributed by atoms with van der Waals surface area (Å²) in [6, 6.07) is -0.844. The average Bonchev–Trinajstić information content (AvgIpc) is 2.85. The Hall–Kier alpha value is -2.81. The van der Waals surface area contributed by atoms with Gasteiger partial charge < -0.3 is 31.1 Å². The summed E-state index contributed by atoms with van der Waals surface area (Å²) in [5, 5.41) is 26.5. The summed E-state index contributed by atoms with van der Waals surface area (Å²) >= 11 is 0. The summed E-state index contributed by atoms with van der Waals surface area (Å²) in [5.41, 5.74) is 0. The van der Waals surface area contributed by atoms with E-state index in [1.165, 1.54) is 7.05 Å². The minimum Gasteiger partial charge on any atom is -0.480 e. The van der Waals surface area contributed by atoms with Gasteiger partial charge in [0.05, 0.1) is 19.6 Å². The molecule has 1 rings (SSSR count). The molecule has 0 aromatic carbocycles. The number of carboxylic acids is 2. The Balaban J connectivity index is 2.93. The van der Waals surface area contributed by atoms with Gasteiger partial charge >= 0.3 is 11.9 Å². The van der Waals surface area contributed by atoms with Crippen LogP contribution in [-0.4, -0.2) is 158 Å². The van der Waals surface area contributed by atoms with Crippen LogP contribution in [0.3, 0.4) is 0 Å². The molecule has 14 nitrogen and oxygen atoms in total. The van der Waals surface area contributed by atoms with Crippen LogP contribution in [0.25, 0.3) is 0 Å². The maximum Gasteiger partial charge on any atom is 0.317 e. The van der Waals surface area contributed by atoms with E-state index in [2.05, 4.69) is 20.9 Å². The second-order valence-electron chi connectivity index (χ2n) is 9.28. The Kier molecular flexibility index (Phi) is 16.1. The molecule has 0 saturated carbocycles. The third kappa shape index (κ3) is 14.2. The predicted molar refractivity (Wildman–Crippen MR) is 141 cm³/mol. The van der Waals surface area contributed by atoms with Crippen molar-refractivity contribution in [3.8, 4) is 0 Å². The van der Waals surface area contributed by atoms with E-state index in [9.17, 15) is 34.2 Å². The molecule has 1 heterocycles. The van der Waals surface area contributed by atoms with Crippen molar-refractivity contribution in [3.63, 3.8) is 0 Å². The zero-order valence-electron chi connectivity index (χ0n) is 22.9. The highest BCUT2D eigenvalue weighted by atomic mass is 16.4. The predicted octanol–water partition coefficient (Wildman–Crippen LogP) is -2.46. The summed E-state index contributed by atoms with van der Waals surface area (Å²) in [7, 11) is 1.51. The van der Waals surface area contributed by atoms with Gasteiger partial charge in [-0.25, -0.2) is 0 Å². The first-order chi connectivity index (χ1) is 18.1. The van der Waals surface area contributed by atoms with E-state index in [-0.39, 0.29) is 50.2 Å². The van der Waals surface area contributed by atoms with Crippen molar-refractivity contribution in [2.24, 2.45) is 0 Å². The molecule has 0 aliphatic carbocycles. The fraction of sp³-hybridized carbons (Fsp3) is 0.792.